The van der Waals surface area contributed by atoms with E-state index in [0.717, 1.165) is 24.2 Å². The van der Waals surface area contributed by atoms with Crippen molar-refractivity contribution in [1.29, 1.82) is 0 Å². The third kappa shape index (κ3) is 3.33. The van der Waals surface area contributed by atoms with Crippen molar-refractivity contribution in [3.63, 3.8) is 0 Å². The average molecular weight is 391 g/mol. The van der Waals surface area contributed by atoms with Gasteiger partial charge in [0.15, 0.2) is 0 Å². The molecule has 2 aliphatic heterocycles. The van der Waals surface area contributed by atoms with Crippen LogP contribution >= 0.6 is 0 Å². The molecular formula is C21H25N7O. The van der Waals surface area contributed by atoms with Gasteiger partial charge >= 0.3 is 0 Å². The first-order valence-corrected chi connectivity index (χ1v) is 9.97. The summed E-state index contributed by atoms with van der Waals surface area (Å²) in [5.74, 6) is 0.828. The van der Waals surface area contributed by atoms with Gasteiger partial charge in [0, 0.05) is 42.9 Å². The van der Waals surface area contributed by atoms with Crippen LogP contribution in [0.1, 0.15) is 12.8 Å². The number of anilines is 1. The van der Waals surface area contributed by atoms with Gasteiger partial charge < -0.3 is 14.9 Å². The largest absolute Gasteiger partial charge is 0.507 e. The number of benzene rings is 1. The Hall–Kier alpha value is -3.00. The van der Waals surface area contributed by atoms with Crippen molar-refractivity contribution in [2.24, 2.45) is 12.5 Å². The molecule has 2 aliphatic rings. The second kappa shape index (κ2) is 6.81. The van der Waals surface area contributed by atoms with Crippen LogP contribution in [0.25, 0.3) is 22.4 Å². The Morgan fingerprint density at radius 3 is 2.41 bits per heavy atom. The summed E-state index contributed by atoms with van der Waals surface area (Å²) in [5, 5.41) is 23.3. The lowest BCUT2D eigenvalue weighted by atomic mass is 9.72. The molecule has 0 saturated carbocycles. The Labute approximate surface area is 169 Å². The zero-order valence-corrected chi connectivity index (χ0v) is 16.8. The summed E-state index contributed by atoms with van der Waals surface area (Å²) < 4.78 is 1.74. The van der Waals surface area contributed by atoms with Crippen LogP contribution < -0.4 is 4.90 Å². The van der Waals surface area contributed by atoms with Gasteiger partial charge in [0.2, 0.25) is 5.95 Å². The number of hydrogen-bond acceptors (Lipinski definition) is 7. The van der Waals surface area contributed by atoms with Crippen molar-refractivity contribution < 1.29 is 5.11 Å². The van der Waals surface area contributed by atoms with Crippen molar-refractivity contribution in [2.45, 2.75) is 12.8 Å². The molecule has 8 heteroatoms. The van der Waals surface area contributed by atoms with Crippen molar-refractivity contribution >= 4 is 5.95 Å². The number of aromatic hydroxyl groups is 1. The zero-order valence-electron chi connectivity index (χ0n) is 16.8. The first-order chi connectivity index (χ1) is 14.0. The summed E-state index contributed by atoms with van der Waals surface area (Å²) in [5.41, 5.74) is 3.48. The SMILES string of the molecule is CN1CCC2(CC1)CN(c1ncc(-c3ccc(-c4cnn(C)c4)cc3O)nn1)C2. The molecule has 4 heterocycles. The molecule has 0 unspecified atom stereocenters. The van der Waals surface area contributed by atoms with E-state index in [0.29, 0.717) is 22.6 Å². The Morgan fingerprint density at radius 1 is 1.00 bits per heavy atom. The summed E-state index contributed by atoms with van der Waals surface area (Å²) in [4.78, 5) is 9.11. The van der Waals surface area contributed by atoms with Crippen molar-refractivity contribution in [3.05, 3.63) is 36.8 Å². The number of piperidine rings is 1. The lowest BCUT2D eigenvalue weighted by Crippen LogP contribution is -2.60. The number of rotatable bonds is 3. The van der Waals surface area contributed by atoms with Gasteiger partial charge in [-0.15, -0.1) is 10.2 Å². The Morgan fingerprint density at radius 2 is 1.79 bits per heavy atom. The molecule has 29 heavy (non-hydrogen) atoms. The molecule has 0 radical (unpaired) electrons. The fraction of sp³-hybridized carbons (Fsp3) is 0.429. The third-order valence-electron chi connectivity index (χ3n) is 6.24. The van der Waals surface area contributed by atoms with Crippen LogP contribution in [0.5, 0.6) is 5.75 Å². The van der Waals surface area contributed by atoms with E-state index in [9.17, 15) is 5.11 Å². The van der Waals surface area contributed by atoms with Crippen molar-refractivity contribution in [2.75, 3.05) is 38.1 Å². The molecule has 1 spiro atoms. The standard InChI is InChI=1S/C21H25N7O/c1-26-7-5-21(6-8-26)13-28(14-21)20-22-11-18(24-25-20)17-4-3-15(9-19(17)29)16-10-23-27(2)12-16/h3-4,9-12,29H,5-8,13-14H2,1-2H3. The van der Waals surface area contributed by atoms with Crippen LogP contribution in [-0.2, 0) is 7.05 Å². The number of aromatic nitrogens is 5. The lowest BCUT2D eigenvalue weighted by Gasteiger charge is -2.53. The van der Waals surface area contributed by atoms with Gasteiger partial charge in [-0.1, -0.05) is 6.07 Å². The highest BCUT2D eigenvalue weighted by atomic mass is 16.3. The maximum Gasteiger partial charge on any atom is 0.245 e. The van der Waals surface area contributed by atoms with E-state index in [1.54, 1.807) is 23.1 Å². The molecule has 2 aromatic heterocycles. The molecule has 0 atom stereocenters. The number of phenols is 1. The van der Waals surface area contributed by atoms with Crippen LogP contribution in [0, 0.1) is 5.41 Å². The maximum absolute atomic E-state index is 10.5. The number of aryl methyl sites for hydroxylation is 1. The van der Waals surface area contributed by atoms with Gasteiger partial charge in [-0.25, -0.2) is 4.98 Å². The van der Waals surface area contributed by atoms with Gasteiger partial charge in [0.1, 0.15) is 11.4 Å². The Bertz CT molecular complexity index is 1010. The van der Waals surface area contributed by atoms with Gasteiger partial charge in [-0.2, -0.15) is 5.10 Å². The van der Waals surface area contributed by atoms with Crippen LogP contribution in [-0.4, -0.2) is 68.2 Å². The molecular weight excluding hydrogens is 366 g/mol. The van der Waals surface area contributed by atoms with Crippen LogP contribution in [0.4, 0.5) is 5.95 Å². The molecule has 2 fully saturated rings. The highest BCUT2D eigenvalue weighted by Gasteiger charge is 2.45. The molecule has 1 aromatic carbocycles. The smallest absolute Gasteiger partial charge is 0.245 e. The fourth-order valence-corrected chi connectivity index (χ4v) is 4.35. The summed E-state index contributed by atoms with van der Waals surface area (Å²) in [7, 11) is 4.06. The van der Waals surface area contributed by atoms with E-state index in [1.165, 1.54) is 25.9 Å². The second-order valence-electron chi connectivity index (χ2n) is 8.44. The Kier molecular flexibility index (Phi) is 4.24. The number of hydrogen-bond donors (Lipinski definition) is 1. The van der Waals surface area contributed by atoms with E-state index in [1.807, 2.05) is 25.4 Å². The molecule has 0 amide bonds. The van der Waals surface area contributed by atoms with Gasteiger partial charge in [-0.3, -0.25) is 4.68 Å². The highest BCUT2D eigenvalue weighted by Crippen LogP contribution is 2.41. The van der Waals surface area contributed by atoms with Crippen molar-refractivity contribution in [3.8, 4) is 28.1 Å². The normalized spacial score (nSPS) is 18.8. The van der Waals surface area contributed by atoms with E-state index >= 15 is 0 Å². The van der Waals surface area contributed by atoms with Crippen molar-refractivity contribution in [1.82, 2.24) is 29.9 Å². The van der Waals surface area contributed by atoms with Crippen LogP contribution in [0.3, 0.4) is 0 Å². The average Bonchev–Trinajstić information content (AvgIpc) is 3.14. The number of likely N-dealkylation sites (tertiary alicyclic amines) is 1. The first-order valence-electron chi connectivity index (χ1n) is 9.97. The van der Waals surface area contributed by atoms with E-state index < -0.39 is 0 Å². The Balaban J connectivity index is 1.30. The minimum atomic E-state index is 0.157. The molecule has 2 saturated heterocycles. The zero-order chi connectivity index (χ0) is 20.0. The van der Waals surface area contributed by atoms with Gasteiger partial charge in [0.25, 0.3) is 0 Å². The summed E-state index contributed by atoms with van der Waals surface area (Å²) in [6, 6.07) is 5.52. The number of nitrogens with zero attached hydrogens (tertiary/aromatic N) is 7. The minimum Gasteiger partial charge on any atom is -0.507 e. The monoisotopic (exact) mass is 391 g/mol. The predicted octanol–water partition coefficient (Wildman–Crippen LogP) is 2.18. The number of phenolic OH excluding ortho intramolecular Hbond substituents is 1. The quantitative estimate of drug-likeness (QED) is 0.733. The summed E-state index contributed by atoms with van der Waals surface area (Å²) >= 11 is 0. The highest BCUT2D eigenvalue weighted by molar-refractivity contribution is 5.73. The molecule has 8 nitrogen and oxygen atoms in total. The fourth-order valence-electron chi connectivity index (χ4n) is 4.35. The second-order valence-corrected chi connectivity index (χ2v) is 8.44. The van der Waals surface area contributed by atoms with E-state index in [2.05, 4.69) is 37.1 Å². The predicted molar refractivity (Wildman–Crippen MR) is 111 cm³/mol. The maximum atomic E-state index is 10.5. The lowest BCUT2D eigenvalue weighted by molar-refractivity contribution is 0.0893. The molecule has 0 aliphatic carbocycles. The summed E-state index contributed by atoms with van der Waals surface area (Å²) in [6.07, 6.45) is 7.86. The summed E-state index contributed by atoms with van der Waals surface area (Å²) in [6.45, 7) is 4.35. The van der Waals surface area contributed by atoms with Gasteiger partial charge in [-0.05, 0) is 50.7 Å². The van der Waals surface area contributed by atoms with Crippen LogP contribution in [0.2, 0.25) is 0 Å². The third-order valence-corrected chi connectivity index (χ3v) is 6.24. The minimum absolute atomic E-state index is 0.157. The molecule has 150 valence electrons. The van der Waals surface area contributed by atoms with E-state index in [-0.39, 0.29) is 5.75 Å². The topological polar surface area (TPSA) is 83.2 Å². The van der Waals surface area contributed by atoms with E-state index in [4.69, 9.17) is 0 Å². The van der Waals surface area contributed by atoms with Gasteiger partial charge in [0.05, 0.1) is 12.4 Å². The molecule has 1 N–H and O–H groups in total. The molecule has 5 rings (SSSR count). The first kappa shape index (κ1) is 18.1. The van der Waals surface area contributed by atoms with Crippen LogP contribution in [0.15, 0.2) is 36.8 Å². The molecule has 3 aromatic rings. The molecule has 0 bridgehead atoms.